The van der Waals surface area contributed by atoms with E-state index in [-0.39, 0.29) is 0 Å². The highest BCUT2D eigenvalue weighted by Gasteiger charge is 1.96. The molecule has 0 amide bonds. The smallest absolute Gasteiger partial charge is 0.134 e. The molecule has 0 N–H and O–H groups in total. The van der Waals surface area contributed by atoms with Crippen LogP contribution in [0.2, 0.25) is 0 Å². The van der Waals surface area contributed by atoms with E-state index in [4.69, 9.17) is 4.42 Å². The Morgan fingerprint density at radius 2 is 2.09 bits per heavy atom. The maximum Gasteiger partial charge on any atom is 0.134 e. The summed E-state index contributed by atoms with van der Waals surface area (Å²) in [4.78, 5) is 3.90. The number of pyridine rings is 1. The first-order valence-corrected chi connectivity index (χ1v) is 3.32. The van der Waals surface area contributed by atoms with Crippen molar-refractivity contribution in [3.05, 3.63) is 42.9 Å². The third-order valence-corrected chi connectivity index (χ3v) is 1.43. The van der Waals surface area contributed by atoms with Crippen LogP contribution in [0, 0.1) is 6.07 Å². The Balaban J connectivity index is 2.46. The van der Waals surface area contributed by atoms with E-state index >= 15 is 0 Å². The van der Waals surface area contributed by atoms with E-state index in [9.17, 15) is 0 Å². The maximum atomic E-state index is 5.14. The lowest BCUT2D eigenvalue weighted by Gasteiger charge is -1.92. The van der Waals surface area contributed by atoms with Gasteiger partial charge in [0.25, 0.3) is 0 Å². The molecule has 0 aliphatic heterocycles. The molecular formula is C9H6NO. The predicted molar refractivity (Wildman–Crippen MR) is 40.8 cm³/mol. The lowest BCUT2D eigenvalue weighted by Crippen LogP contribution is -1.72. The van der Waals surface area contributed by atoms with Crippen LogP contribution in [-0.4, -0.2) is 4.98 Å². The molecule has 0 bridgehead atoms. The third-order valence-electron chi connectivity index (χ3n) is 1.43. The minimum absolute atomic E-state index is 0.826. The van der Waals surface area contributed by atoms with Gasteiger partial charge in [-0.1, -0.05) is 0 Å². The van der Waals surface area contributed by atoms with Gasteiger partial charge in [0.15, 0.2) is 0 Å². The van der Waals surface area contributed by atoms with E-state index in [1.807, 2.05) is 12.1 Å². The molecule has 2 nitrogen and oxygen atoms in total. The zero-order valence-corrected chi connectivity index (χ0v) is 5.82. The van der Waals surface area contributed by atoms with Crippen molar-refractivity contribution in [1.82, 2.24) is 4.98 Å². The molecule has 0 saturated carbocycles. The summed E-state index contributed by atoms with van der Waals surface area (Å²) in [5.74, 6) is 0.826. The highest BCUT2D eigenvalue weighted by Crippen LogP contribution is 2.17. The van der Waals surface area contributed by atoms with E-state index in [1.165, 1.54) is 6.26 Å². The first kappa shape index (κ1) is 6.16. The summed E-state index contributed by atoms with van der Waals surface area (Å²) in [5.41, 5.74) is 1.03. The van der Waals surface area contributed by atoms with Crippen molar-refractivity contribution >= 4 is 0 Å². The van der Waals surface area contributed by atoms with Crippen LogP contribution < -0.4 is 0 Å². The van der Waals surface area contributed by atoms with Gasteiger partial charge < -0.3 is 4.42 Å². The quantitative estimate of drug-likeness (QED) is 0.612. The molecule has 0 atom stereocenters. The second kappa shape index (κ2) is 2.58. The lowest BCUT2D eigenvalue weighted by molar-refractivity contribution is 0.582. The van der Waals surface area contributed by atoms with Crippen LogP contribution in [0.1, 0.15) is 0 Å². The number of nitrogens with zero attached hydrogens (tertiary/aromatic N) is 1. The van der Waals surface area contributed by atoms with Crippen molar-refractivity contribution in [2.24, 2.45) is 0 Å². The Hall–Kier alpha value is -1.57. The van der Waals surface area contributed by atoms with Gasteiger partial charge in [0.1, 0.15) is 5.76 Å². The summed E-state index contributed by atoms with van der Waals surface area (Å²) in [6.45, 7) is 0. The van der Waals surface area contributed by atoms with Gasteiger partial charge in [-0.25, -0.2) is 0 Å². The number of hydrogen-bond donors (Lipinski definition) is 0. The molecule has 0 aliphatic carbocycles. The zero-order valence-electron chi connectivity index (χ0n) is 5.82. The molecule has 2 aromatic rings. The SMILES string of the molecule is [c]1coc(-c2ccncc2)c1. The molecule has 0 fully saturated rings. The van der Waals surface area contributed by atoms with Gasteiger partial charge in [-0.2, -0.15) is 0 Å². The van der Waals surface area contributed by atoms with Crippen LogP contribution in [0.5, 0.6) is 0 Å². The van der Waals surface area contributed by atoms with Crippen LogP contribution in [0.3, 0.4) is 0 Å². The van der Waals surface area contributed by atoms with Crippen LogP contribution >= 0.6 is 0 Å². The van der Waals surface area contributed by atoms with Crippen molar-refractivity contribution in [2.75, 3.05) is 0 Å². The number of hydrogen-bond acceptors (Lipinski definition) is 2. The Labute approximate surface area is 64.5 Å². The van der Waals surface area contributed by atoms with E-state index in [2.05, 4.69) is 11.1 Å². The largest absolute Gasteiger partial charge is 0.464 e. The van der Waals surface area contributed by atoms with Gasteiger partial charge in [-0.3, -0.25) is 4.98 Å². The molecule has 0 saturated heterocycles. The second-order valence-corrected chi connectivity index (χ2v) is 2.15. The summed E-state index contributed by atoms with van der Waals surface area (Å²) in [5, 5.41) is 0. The second-order valence-electron chi connectivity index (χ2n) is 2.15. The highest BCUT2D eigenvalue weighted by molar-refractivity contribution is 5.55. The molecule has 2 heterocycles. The average molecular weight is 144 g/mol. The summed E-state index contributed by atoms with van der Waals surface area (Å²) in [6, 6.07) is 8.43. The normalized spacial score (nSPS) is 9.82. The molecule has 1 radical (unpaired) electrons. The van der Waals surface area contributed by atoms with Gasteiger partial charge in [-0.15, -0.1) is 0 Å². The van der Waals surface area contributed by atoms with E-state index in [1.54, 1.807) is 18.5 Å². The van der Waals surface area contributed by atoms with Crippen molar-refractivity contribution in [1.29, 1.82) is 0 Å². The number of aromatic nitrogens is 1. The van der Waals surface area contributed by atoms with Crippen molar-refractivity contribution < 1.29 is 4.42 Å². The zero-order chi connectivity index (χ0) is 7.52. The Morgan fingerprint density at radius 1 is 1.27 bits per heavy atom. The molecule has 2 heteroatoms. The first-order chi connectivity index (χ1) is 5.47. The minimum atomic E-state index is 0.826. The molecule has 11 heavy (non-hydrogen) atoms. The summed E-state index contributed by atoms with van der Waals surface area (Å²) < 4.78 is 5.14. The standard InChI is InChI=1S/C9H6NO/c1-2-9(11-7-1)8-3-5-10-6-4-8/h2-7H. The van der Waals surface area contributed by atoms with Gasteiger partial charge in [-0.05, 0) is 18.2 Å². The maximum absolute atomic E-state index is 5.14. The Bertz CT molecular complexity index is 313. The van der Waals surface area contributed by atoms with Gasteiger partial charge in [0.05, 0.1) is 6.26 Å². The highest BCUT2D eigenvalue weighted by atomic mass is 16.3. The van der Waals surface area contributed by atoms with Crippen molar-refractivity contribution in [3.63, 3.8) is 0 Å². The first-order valence-electron chi connectivity index (χ1n) is 3.32. The lowest BCUT2D eigenvalue weighted by atomic mass is 10.2. The molecule has 0 spiro atoms. The summed E-state index contributed by atoms with van der Waals surface area (Å²) >= 11 is 0. The number of furan rings is 1. The van der Waals surface area contributed by atoms with Crippen LogP contribution in [0.25, 0.3) is 11.3 Å². The van der Waals surface area contributed by atoms with Crippen LogP contribution in [0.15, 0.2) is 41.3 Å². The minimum Gasteiger partial charge on any atom is -0.464 e. The molecule has 0 aromatic carbocycles. The monoisotopic (exact) mass is 144 g/mol. The van der Waals surface area contributed by atoms with Crippen molar-refractivity contribution in [3.8, 4) is 11.3 Å². The van der Waals surface area contributed by atoms with Gasteiger partial charge in [0, 0.05) is 24.0 Å². The average Bonchev–Trinajstić information content (AvgIpc) is 2.58. The predicted octanol–water partition coefficient (Wildman–Crippen LogP) is 2.14. The van der Waals surface area contributed by atoms with Gasteiger partial charge in [0.2, 0.25) is 0 Å². The van der Waals surface area contributed by atoms with Crippen molar-refractivity contribution in [2.45, 2.75) is 0 Å². The molecule has 0 unspecified atom stereocenters. The fourth-order valence-electron chi connectivity index (χ4n) is 0.909. The topological polar surface area (TPSA) is 26.0 Å². The molecule has 0 aliphatic rings. The Kier molecular flexibility index (Phi) is 1.44. The third kappa shape index (κ3) is 1.15. The Morgan fingerprint density at radius 3 is 2.73 bits per heavy atom. The van der Waals surface area contributed by atoms with Crippen LogP contribution in [0.4, 0.5) is 0 Å². The molecular weight excluding hydrogens is 138 g/mol. The van der Waals surface area contributed by atoms with E-state index in [0.717, 1.165) is 11.3 Å². The van der Waals surface area contributed by atoms with E-state index in [0.29, 0.717) is 0 Å². The molecule has 2 aromatic heterocycles. The molecule has 53 valence electrons. The van der Waals surface area contributed by atoms with Gasteiger partial charge >= 0.3 is 0 Å². The fraction of sp³-hybridized carbons (Fsp3) is 0. The summed E-state index contributed by atoms with van der Waals surface area (Å²) in [6.07, 6.45) is 5.01. The van der Waals surface area contributed by atoms with E-state index < -0.39 is 0 Å². The van der Waals surface area contributed by atoms with Crippen LogP contribution in [-0.2, 0) is 0 Å². The number of rotatable bonds is 1. The summed E-state index contributed by atoms with van der Waals surface area (Å²) in [7, 11) is 0. The fourth-order valence-corrected chi connectivity index (χ4v) is 0.909. The molecule has 2 rings (SSSR count).